The van der Waals surface area contributed by atoms with Gasteiger partial charge in [-0.1, -0.05) is 35.9 Å². The molecule has 2 aliphatic heterocycles. The number of thiophene rings is 1. The number of benzene rings is 2. The van der Waals surface area contributed by atoms with E-state index in [4.69, 9.17) is 11.6 Å². The van der Waals surface area contributed by atoms with Crippen molar-refractivity contribution in [2.45, 2.75) is 44.8 Å². The second-order valence-electron chi connectivity index (χ2n) is 8.92. The predicted molar refractivity (Wildman–Crippen MR) is 130 cm³/mol. The number of halogens is 3. The maximum atomic E-state index is 13.7. The highest BCUT2D eigenvalue weighted by Crippen LogP contribution is 2.38. The molecule has 0 spiro atoms. The van der Waals surface area contributed by atoms with Gasteiger partial charge in [-0.05, 0) is 29.7 Å². The van der Waals surface area contributed by atoms with Gasteiger partial charge in [0.15, 0.2) is 0 Å². The minimum atomic E-state index is -3.00. The van der Waals surface area contributed by atoms with E-state index in [9.17, 15) is 28.0 Å². The molecule has 1 fully saturated rings. The van der Waals surface area contributed by atoms with Gasteiger partial charge in [-0.15, -0.1) is 11.3 Å². The number of carbonyl (C=O) groups excluding carboxylic acids is 4. The molecule has 11 heteroatoms. The van der Waals surface area contributed by atoms with Crippen LogP contribution >= 0.6 is 22.9 Å². The summed E-state index contributed by atoms with van der Waals surface area (Å²) < 4.78 is 27.8. The number of imide groups is 1. The Hall–Kier alpha value is -3.37. The molecule has 0 saturated carbocycles. The highest BCUT2D eigenvalue weighted by atomic mass is 35.5. The molecule has 2 N–H and O–H groups in total. The molecule has 7 nitrogen and oxygen atoms in total. The van der Waals surface area contributed by atoms with E-state index in [0.29, 0.717) is 15.6 Å². The average molecular weight is 532 g/mol. The Balaban J connectivity index is 1.29. The number of fused-ring (bicyclic) bond motifs is 2. The van der Waals surface area contributed by atoms with Crippen LogP contribution in [0.3, 0.4) is 0 Å². The van der Waals surface area contributed by atoms with Gasteiger partial charge in [0.25, 0.3) is 17.7 Å². The molecule has 3 heterocycles. The summed E-state index contributed by atoms with van der Waals surface area (Å²) in [6.07, 6.45) is 0.455. The van der Waals surface area contributed by atoms with Crippen molar-refractivity contribution in [1.29, 1.82) is 0 Å². The Morgan fingerprint density at radius 1 is 1.22 bits per heavy atom. The van der Waals surface area contributed by atoms with E-state index in [2.05, 4.69) is 10.6 Å². The summed E-state index contributed by atoms with van der Waals surface area (Å²) in [5, 5.41) is 5.80. The molecule has 1 aromatic heterocycles. The molecule has 4 amide bonds. The highest BCUT2D eigenvalue weighted by Gasteiger charge is 2.39. The molecule has 5 rings (SSSR count). The molecule has 0 bridgehead atoms. The minimum Gasteiger partial charge on any atom is -0.347 e. The second kappa shape index (κ2) is 8.94. The van der Waals surface area contributed by atoms with Gasteiger partial charge in [0, 0.05) is 47.6 Å². The van der Waals surface area contributed by atoms with E-state index < -0.39 is 23.8 Å². The zero-order valence-corrected chi connectivity index (χ0v) is 20.6. The van der Waals surface area contributed by atoms with Crippen molar-refractivity contribution in [3.63, 3.8) is 0 Å². The standard InChI is InChI=1S/C25H20ClF2N3O4S/c1-25(27,28)14-3-5-16-18(9-14)36-21(20(16)26)23(34)29-10-12-2-4-15-13(8-12)11-31(24(15)35)17-6-7-19(32)30-22(17)33/h2-5,8-9,17H,6-7,10-11H2,1H3,(H,29,34)(H,30,32,33). The zero-order valence-electron chi connectivity index (χ0n) is 19.0. The molecule has 1 atom stereocenters. The molecule has 1 unspecified atom stereocenters. The first-order valence-electron chi connectivity index (χ1n) is 11.2. The van der Waals surface area contributed by atoms with Crippen LogP contribution in [0.1, 0.15) is 56.5 Å². The fraction of sp³-hybridized carbons (Fsp3) is 0.280. The van der Waals surface area contributed by atoms with Crippen molar-refractivity contribution in [3.8, 4) is 0 Å². The number of nitrogens with one attached hydrogen (secondary N) is 2. The highest BCUT2D eigenvalue weighted by molar-refractivity contribution is 7.21. The first kappa shape index (κ1) is 24.3. The summed E-state index contributed by atoms with van der Waals surface area (Å²) in [7, 11) is 0. The molecule has 0 radical (unpaired) electrons. The van der Waals surface area contributed by atoms with Crippen LogP contribution in [-0.2, 0) is 28.6 Å². The third kappa shape index (κ3) is 4.35. The summed E-state index contributed by atoms with van der Waals surface area (Å²) in [4.78, 5) is 51.0. The third-order valence-corrected chi connectivity index (χ3v) is 8.04. The van der Waals surface area contributed by atoms with Crippen molar-refractivity contribution in [2.75, 3.05) is 0 Å². The number of piperidine rings is 1. The molecule has 2 aromatic carbocycles. The third-order valence-electron chi connectivity index (χ3n) is 6.38. The van der Waals surface area contributed by atoms with Gasteiger partial charge in [0.1, 0.15) is 10.9 Å². The quantitative estimate of drug-likeness (QED) is 0.478. The molecular formula is C25H20ClF2N3O4S. The monoisotopic (exact) mass is 531 g/mol. The first-order chi connectivity index (χ1) is 17.0. The van der Waals surface area contributed by atoms with Gasteiger partial charge in [0.05, 0.1) is 5.02 Å². The second-order valence-corrected chi connectivity index (χ2v) is 10.3. The van der Waals surface area contributed by atoms with Gasteiger partial charge in [-0.2, -0.15) is 0 Å². The van der Waals surface area contributed by atoms with Gasteiger partial charge in [-0.3, -0.25) is 24.5 Å². The maximum absolute atomic E-state index is 13.7. The van der Waals surface area contributed by atoms with Gasteiger partial charge in [0.2, 0.25) is 11.8 Å². The fourth-order valence-corrected chi connectivity index (χ4v) is 5.96. The van der Waals surface area contributed by atoms with Crippen molar-refractivity contribution in [3.05, 3.63) is 68.6 Å². The Labute approximate surface area is 213 Å². The summed E-state index contributed by atoms with van der Waals surface area (Å²) in [5.41, 5.74) is 1.79. The van der Waals surface area contributed by atoms with E-state index in [0.717, 1.165) is 29.4 Å². The van der Waals surface area contributed by atoms with Crippen LogP contribution in [-0.4, -0.2) is 34.6 Å². The van der Waals surface area contributed by atoms with Crippen LogP contribution in [0.4, 0.5) is 8.78 Å². The van der Waals surface area contributed by atoms with Crippen molar-refractivity contribution >= 4 is 56.7 Å². The molecular weight excluding hydrogens is 512 g/mol. The van der Waals surface area contributed by atoms with Crippen LogP contribution in [0.5, 0.6) is 0 Å². The number of hydrogen-bond acceptors (Lipinski definition) is 5. The Morgan fingerprint density at radius 3 is 2.72 bits per heavy atom. The molecule has 36 heavy (non-hydrogen) atoms. The number of rotatable bonds is 5. The largest absolute Gasteiger partial charge is 0.347 e. The van der Waals surface area contributed by atoms with Crippen LogP contribution in [0.25, 0.3) is 10.1 Å². The number of amides is 4. The normalized spacial score (nSPS) is 17.9. The van der Waals surface area contributed by atoms with Crippen LogP contribution in [0.15, 0.2) is 36.4 Å². The summed E-state index contributed by atoms with van der Waals surface area (Å²) in [6.45, 7) is 1.20. The molecule has 2 aliphatic rings. The lowest BCUT2D eigenvalue weighted by molar-refractivity contribution is -0.136. The van der Waals surface area contributed by atoms with Crippen LogP contribution < -0.4 is 10.6 Å². The SMILES string of the molecule is CC(F)(F)c1ccc2c(Cl)c(C(=O)NCc3ccc4c(c3)CN(C3CCC(=O)NC3=O)C4=O)sc2c1. The van der Waals surface area contributed by atoms with Crippen molar-refractivity contribution in [1.82, 2.24) is 15.5 Å². The lowest BCUT2D eigenvalue weighted by atomic mass is 10.0. The van der Waals surface area contributed by atoms with Crippen molar-refractivity contribution in [2.24, 2.45) is 0 Å². The maximum Gasteiger partial charge on any atom is 0.270 e. The Kier molecular flexibility index (Phi) is 6.04. The molecule has 3 aromatic rings. The topological polar surface area (TPSA) is 95.6 Å². The number of alkyl halides is 2. The number of hydrogen-bond donors (Lipinski definition) is 2. The van der Waals surface area contributed by atoms with Crippen molar-refractivity contribution < 1.29 is 28.0 Å². The van der Waals surface area contributed by atoms with Gasteiger partial charge in [-0.25, -0.2) is 8.78 Å². The smallest absolute Gasteiger partial charge is 0.270 e. The van der Waals surface area contributed by atoms with E-state index in [1.54, 1.807) is 18.2 Å². The minimum absolute atomic E-state index is 0.154. The molecule has 0 aliphatic carbocycles. The number of carbonyl (C=O) groups is 4. The Morgan fingerprint density at radius 2 is 2.00 bits per heavy atom. The van der Waals surface area contributed by atoms with E-state index in [-0.39, 0.29) is 53.2 Å². The average Bonchev–Trinajstić information content (AvgIpc) is 3.33. The summed E-state index contributed by atoms with van der Waals surface area (Å²) >= 11 is 7.41. The van der Waals surface area contributed by atoms with E-state index in [1.165, 1.54) is 23.1 Å². The lowest BCUT2D eigenvalue weighted by Crippen LogP contribution is -2.52. The summed E-state index contributed by atoms with van der Waals surface area (Å²) in [6, 6.07) is 8.59. The number of nitrogens with zero attached hydrogens (tertiary/aromatic N) is 1. The van der Waals surface area contributed by atoms with Gasteiger partial charge < -0.3 is 10.2 Å². The van der Waals surface area contributed by atoms with E-state index >= 15 is 0 Å². The van der Waals surface area contributed by atoms with Crippen LogP contribution in [0.2, 0.25) is 5.02 Å². The first-order valence-corrected chi connectivity index (χ1v) is 12.4. The van der Waals surface area contributed by atoms with E-state index in [1.807, 2.05) is 0 Å². The lowest BCUT2D eigenvalue weighted by Gasteiger charge is -2.29. The predicted octanol–water partition coefficient (Wildman–Crippen LogP) is 4.36. The zero-order chi connectivity index (χ0) is 25.8. The van der Waals surface area contributed by atoms with Gasteiger partial charge >= 0.3 is 0 Å². The summed E-state index contributed by atoms with van der Waals surface area (Å²) in [5.74, 6) is -4.54. The fourth-order valence-electron chi connectivity index (χ4n) is 4.48. The molecule has 186 valence electrons. The molecule has 1 saturated heterocycles. The van der Waals surface area contributed by atoms with Crippen LogP contribution in [0, 0.1) is 0 Å². The Bertz CT molecular complexity index is 1450.